The zero-order valence-electron chi connectivity index (χ0n) is 17.1. The van der Waals surface area contributed by atoms with E-state index < -0.39 is 0 Å². The highest BCUT2D eigenvalue weighted by Gasteiger charge is 2.14. The van der Waals surface area contributed by atoms with Gasteiger partial charge in [0, 0.05) is 6.20 Å². The highest BCUT2D eigenvalue weighted by Crippen LogP contribution is 2.19. The molecule has 152 valence electrons. The summed E-state index contributed by atoms with van der Waals surface area (Å²) in [6, 6.07) is 25.5. The minimum Gasteiger partial charge on any atom is -0.497 e. The number of hydrogen-bond donors (Lipinski definition) is 0. The van der Waals surface area contributed by atoms with Crippen molar-refractivity contribution in [2.24, 2.45) is 0 Å². The van der Waals surface area contributed by atoms with E-state index in [0.717, 1.165) is 28.2 Å². The van der Waals surface area contributed by atoms with Gasteiger partial charge in [0.05, 0.1) is 32.9 Å². The molecule has 0 aliphatic carbocycles. The summed E-state index contributed by atoms with van der Waals surface area (Å²) < 4.78 is 14.3. The molecule has 0 N–H and O–H groups in total. The Hall–Kier alpha value is -3.73. The predicted octanol–water partition coefficient (Wildman–Crippen LogP) is 4.43. The lowest BCUT2D eigenvalue weighted by Gasteiger charge is -2.12. The lowest BCUT2D eigenvalue weighted by Crippen LogP contribution is -2.24. The van der Waals surface area contributed by atoms with E-state index in [0.29, 0.717) is 18.7 Å². The van der Waals surface area contributed by atoms with Crippen LogP contribution in [0.25, 0.3) is 11.1 Å². The van der Waals surface area contributed by atoms with Gasteiger partial charge in [-0.05, 0) is 41.0 Å². The maximum Gasteiger partial charge on any atom is 0.274 e. The van der Waals surface area contributed by atoms with Crippen LogP contribution < -0.4 is 15.0 Å². The standard InChI is InChI=1S/C25H24N2O3/c1-29-22-12-8-19(9-13-22)16-26-18-24(21-6-4-3-5-7-21)25(28)27(26)17-20-10-14-23(30-2)15-11-20/h3-15,18H,16-17H2,1-2H3. The molecule has 0 aliphatic heterocycles. The summed E-state index contributed by atoms with van der Waals surface area (Å²) in [4.78, 5) is 13.3. The molecule has 4 aromatic rings. The molecule has 0 radical (unpaired) electrons. The molecule has 0 fully saturated rings. The van der Waals surface area contributed by atoms with Gasteiger partial charge in [-0.2, -0.15) is 0 Å². The number of nitrogens with zero attached hydrogens (tertiary/aromatic N) is 2. The summed E-state index contributed by atoms with van der Waals surface area (Å²) in [7, 11) is 3.30. The Morgan fingerprint density at radius 1 is 0.700 bits per heavy atom. The molecular weight excluding hydrogens is 376 g/mol. The SMILES string of the molecule is COc1ccc(Cn2cc(-c3ccccc3)c(=O)n2Cc2ccc(OC)cc2)cc1. The lowest BCUT2D eigenvalue weighted by molar-refractivity contribution is 0.414. The van der Waals surface area contributed by atoms with E-state index in [1.165, 1.54) is 0 Å². The van der Waals surface area contributed by atoms with Crippen molar-refractivity contribution >= 4 is 0 Å². The number of benzene rings is 3. The van der Waals surface area contributed by atoms with Crippen LogP contribution in [0.3, 0.4) is 0 Å². The maximum atomic E-state index is 13.3. The second-order valence-electron chi connectivity index (χ2n) is 7.07. The molecule has 5 heteroatoms. The average Bonchev–Trinajstić information content (AvgIpc) is 3.10. The molecule has 0 spiro atoms. The summed E-state index contributed by atoms with van der Waals surface area (Å²) >= 11 is 0. The van der Waals surface area contributed by atoms with E-state index in [1.54, 1.807) is 18.9 Å². The quantitative estimate of drug-likeness (QED) is 0.461. The van der Waals surface area contributed by atoms with Gasteiger partial charge in [-0.3, -0.25) is 9.48 Å². The van der Waals surface area contributed by atoms with E-state index in [2.05, 4.69) is 0 Å². The van der Waals surface area contributed by atoms with Crippen molar-refractivity contribution < 1.29 is 9.47 Å². The largest absolute Gasteiger partial charge is 0.497 e. The van der Waals surface area contributed by atoms with Crippen molar-refractivity contribution in [1.82, 2.24) is 9.36 Å². The van der Waals surface area contributed by atoms with Crippen LogP contribution in [0.4, 0.5) is 0 Å². The monoisotopic (exact) mass is 400 g/mol. The second-order valence-corrected chi connectivity index (χ2v) is 7.07. The molecule has 0 aliphatic rings. The third-order valence-corrected chi connectivity index (χ3v) is 5.13. The zero-order valence-corrected chi connectivity index (χ0v) is 17.1. The van der Waals surface area contributed by atoms with E-state index in [1.807, 2.05) is 89.7 Å². The summed E-state index contributed by atoms with van der Waals surface area (Å²) in [5.74, 6) is 1.61. The first kappa shape index (κ1) is 19.6. The Morgan fingerprint density at radius 3 is 1.77 bits per heavy atom. The lowest BCUT2D eigenvalue weighted by atomic mass is 10.1. The van der Waals surface area contributed by atoms with Gasteiger partial charge in [0.15, 0.2) is 0 Å². The molecule has 0 amide bonds. The van der Waals surface area contributed by atoms with Crippen LogP contribution in [0, 0.1) is 0 Å². The first-order valence-corrected chi connectivity index (χ1v) is 9.79. The van der Waals surface area contributed by atoms with Crippen LogP contribution in [0.5, 0.6) is 11.5 Å². The third-order valence-electron chi connectivity index (χ3n) is 5.13. The molecule has 0 saturated carbocycles. The Balaban J connectivity index is 1.73. The van der Waals surface area contributed by atoms with Gasteiger partial charge in [0.2, 0.25) is 0 Å². The summed E-state index contributed by atoms with van der Waals surface area (Å²) in [5, 5.41) is 0. The average molecular weight is 400 g/mol. The minimum atomic E-state index is -0.00877. The van der Waals surface area contributed by atoms with Crippen LogP contribution in [0.1, 0.15) is 11.1 Å². The molecule has 5 nitrogen and oxygen atoms in total. The Labute approximate surface area is 175 Å². The van der Waals surface area contributed by atoms with Gasteiger partial charge in [0.25, 0.3) is 5.56 Å². The van der Waals surface area contributed by atoms with Crippen LogP contribution in [-0.2, 0) is 13.1 Å². The van der Waals surface area contributed by atoms with Gasteiger partial charge in [-0.15, -0.1) is 0 Å². The second kappa shape index (κ2) is 8.74. The van der Waals surface area contributed by atoms with E-state index in [4.69, 9.17) is 9.47 Å². The molecule has 3 aromatic carbocycles. The van der Waals surface area contributed by atoms with Gasteiger partial charge in [0.1, 0.15) is 11.5 Å². The maximum absolute atomic E-state index is 13.3. The number of methoxy groups -OCH3 is 2. The van der Waals surface area contributed by atoms with Gasteiger partial charge < -0.3 is 9.47 Å². The van der Waals surface area contributed by atoms with E-state index >= 15 is 0 Å². The molecular formula is C25H24N2O3. The molecule has 0 unspecified atom stereocenters. The first-order valence-electron chi connectivity index (χ1n) is 9.79. The van der Waals surface area contributed by atoms with Crippen molar-refractivity contribution in [3.8, 4) is 22.6 Å². The highest BCUT2D eigenvalue weighted by molar-refractivity contribution is 5.61. The number of hydrogen-bond acceptors (Lipinski definition) is 3. The van der Waals surface area contributed by atoms with Crippen molar-refractivity contribution in [3.05, 3.63) is 107 Å². The molecule has 0 atom stereocenters. The molecule has 30 heavy (non-hydrogen) atoms. The zero-order chi connectivity index (χ0) is 20.9. The van der Waals surface area contributed by atoms with Crippen LogP contribution in [-0.4, -0.2) is 23.6 Å². The fourth-order valence-corrected chi connectivity index (χ4v) is 3.46. The fourth-order valence-electron chi connectivity index (χ4n) is 3.46. The summed E-state index contributed by atoms with van der Waals surface area (Å²) in [6.07, 6.45) is 1.94. The highest BCUT2D eigenvalue weighted by atomic mass is 16.5. The predicted molar refractivity (Wildman–Crippen MR) is 118 cm³/mol. The summed E-state index contributed by atoms with van der Waals surface area (Å²) in [6.45, 7) is 1.06. The molecule has 1 aromatic heterocycles. The smallest absolute Gasteiger partial charge is 0.274 e. The van der Waals surface area contributed by atoms with Crippen molar-refractivity contribution in [2.45, 2.75) is 13.1 Å². The Bertz CT molecular complexity index is 1160. The van der Waals surface area contributed by atoms with Crippen molar-refractivity contribution in [1.29, 1.82) is 0 Å². The molecule has 0 saturated heterocycles. The molecule has 1 heterocycles. The van der Waals surface area contributed by atoms with Crippen molar-refractivity contribution in [3.63, 3.8) is 0 Å². The van der Waals surface area contributed by atoms with Crippen LogP contribution in [0.2, 0.25) is 0 Å². The molecule has 4 rings (SSSR count). The summed E-state index contributed by atoms with van der Waals surface area (Å²) in [5.41, 5.74) is 3.73. The third kappa shape index (κ3) is 4.15. The number of aromatic nitrogens is 2. The number of ether oxygens (including phenoxy) is 2. The van der Waals surface area contributed by atoms with Crippen LogP contribution in [0.15, 0.2) is 89.9 Å². The number of rotatable bonds is 7. The van der Waals surface area contributed by atoms with Gasteiger partial charge in [-0.25, -0.2) is 4.68 Å². The first-order chi connectivity index (χ1) is 14.7. The van der Waals surface area contributed by atoms with Gasteiger partial charge >= 0.3 is 0 Å². The van der Waals surface area contributed by atoms with E-state index in [-0.39, 0.29) is 5.56 Å². The topological polar surface area (TPSA) is 45.4 Å². The van der Waals surface area contributed by atoms with E-state index in [9.17, 15) is 4.79 Å². The minimum absolute atomic E-state index is 0.00877. The Kier molecular flexibility index (Phi) is 5.70. The fraction of sp³-hybridized carbons (Fsp3) is 0.160. The Morgan fingerprint density at radius 2 is 1.23 bits per heavy atom. The van der Waals surface area contributed by atoms with Gasteiger partial charge in [-0.1, -0.05) is 54.6 Å². The van der Waals surface area contributed by atoms with Crippen LogP contribution >= 0.6 is 0 Å². The van der Waals surface area contributed by atoms with Crippen molar-refractivity contribution in [2.75, 3.05) is 14.2 Å². The molecule has 0 bridgehead atoms. The normalized spacial score (nSPS) is 10.7.